The van der Waals surface area contributed by atoms with E-state index in [2.05, 4.69) is 24.3 Å². The lowest BCUT2D eigenvalue weighted by Gasteiger charge is -2.51. The Bertz CT molecular complexity index is 1240. The van der Waals surface area contributed by atoms with Crippen molar-refractivity contribution >= 4 is 6.09 Å². The molecule has 186 valence electrons. The zero-order valence-electron chi connectivity index (χ0n) is 20.6. The van der Waals surface area contributed by atoms with E-state index < -0.39 is 5.60 Å². The topological polar surface area (TPSA) is 49.8 Å². The first-order valence-corrected chi connectivity index (χ1v) is 13.0. The third-order valence-electron chi connectivity index (χ3n) is 8.43. The third kappa shape index (κ3) is 4.00. The van der Waals surface area contributed by atoms with Gasteiger partial charge in [0.15, 0.2) is 0 Å². The predicted molar refractivity (Wildman–Crippen MR) is 137 cm³/mol. The van der Waals surface area contributed by atoms with Crippen molar-refractivity contribution in [1.29, 1.82) is 0 Å². The van der Waals surface area contributed by atoms with E-state index >= 15 is 0 Å². The van der Waals surface area contributed by atoms with Gasteiger partial charge in [0.05, 0.1) is 5.60 Å². The molecular weight excluding hydrogens is 453 g/mol. The summed E-state index contributed by atoms with van der Waals surface area (Å²) in [6.45, 7) is 2.04. The summed E-state index contributed by atoms with van der Waals surface area (Å²) in [5.74, 6) is -0.220. The number of hydrogen-bond donors (Lipinski definition) is 1. The molecular formula is C31H32FNO3. The van der Waals surface area contributed by atoms with Gasteiger partial charge >= 0.3 is 6.09 Å². The monoisotopic (exact) mass is 485 g/mol. The molecule has 5 heteroatoms. The maximum atomic E-state index is 14.7. The number of aryl methyl sites for hydroxylation is 1. The highest BCUT2D eigenvalue weighted by Crippen LogP contribution is 2.45. The van der Waals surface area contributed by atoms with Gasteiger partial charge in [-0.2, -0.15) is 0 Å². The molecule has 3 aromatic rings. The van der Waals surface area contributed by atoms with E-state index in [-0.39, 0.29) is 36.3 Å². The second-order valence-corrected chi connectivity index (χ2v) is 10.8. The van der Waals surface area contributed by atoms with Crippen molar-refractivity contribution in [2.45, 2.75) is 69.1 Å². The number of amides is 1. The Morgan fingerprint density at radius 3 is 2.22 bits per heavy atom. The van der Waals surface area contributed by atoms with E-state index in [0.717, 1.165) is 19.3 Å². The Kier molecular flexibility index (Phi) is 5.83. The summed E-state index contributed by atoms with van der Waals surface area (Å²) >= 11 is 0. The van der Waals surface area contributed by atoms with Crippen LogP contribution < -0.4 is 0 Å². The lowest BCUT2D eigenvalue weighted by molar-refractivity contribution is -0.0843. The summed E-state index contributed by atoms with van der Waals surface area (Å²) in [6, 6.07) is 21.8. The van der Waals surface area contributed by atoms with Gasteiger partial charge in [-0.15, -0.1) is 0 Å². The zero-order valence-corrected chi connectivity index (χ0v) is 20.6. The average molecular weight is 486 g/mol. The molecule has 1 aliphatic carbocycles. The Morgan fingerprint density at radius 2 is 1.58 bits per heavy atom. The molecule has 1 amide bonds. The van der Waals surface area contributed by atoms with Gasteiger partial charge in [0.1, 0.15) is 12.4 Å². The predicted octanol–water partition coefficient (Wildman–Crippen LogP) is 6.37. The van der Waals surface area contributed by atoms with E-state index in [1.165, 1.54) is 22.3 Å². The summed E-state index contributed by atoms with van der Waals surface area (Å²) in [7, 11) is 0. The number of nitrogens with zero attached hydrogens (tertiary/aromatic N) is 1. The van der Waals surface area contributed by atoms with E-state index in [0.29, 0.717) is 30.6 Å². The maximum absolute atomic E-state index is 14.7. The molecule has 2 heterocycles. The first-order valence-electron chi connectivity index (χ1n) is 13.0. The molecule has 3 aliphatic rings. The van der Waals surface area contributed by atoms with Crippen molar-refractivity contribution in [3.05, 3.63) is 94.8 Å². The van der Waals surface area contributed by atoms with Crippen molar-refractivity contribution < 1.29 is 19.0 Å². The van der Waals surface area contributed by atoms with Gasteiger partial charge in [0.2, 0.25) is 0 Å². The largest absolute Gasteiger partial charge is 0.448 e. The summed E-state index contributed by atoms with van der Waals surface area (Å²) in [4.78, 5) is 15.3. The lowest BCUT2D eigenvalue weighted by Crippen LogP contribution is -2.60. The van der Waals surface area contributed by atoms with Gasteiger partial charge in [-0.3, -0.25) is 0 Å². The number of hydrogen-bond acceptors (Lipinski definition) is 3. The van der Waals surface area contributed by atoms with Gasteiger partial charge in [-0.05, 0) is 72.4 Å². The van der Waals surface area contributed by atoms with Crippen LogP contribution >= 0.6 is 0 Å². The average Bonchev–Trinajstić information content (AvgIpc) is 3.18. The molecule has 2 fully saturated rings. The van der Waals surface area contributed by atoms with Crippen LogP contribution in [-0.4, -0.2) is 40.4 Å². The van der Waals surface area contributed by atoms with Crippen LogP contribution in [0, 0.1) is 12.7 Å². The molecule has 0 radical (unpaired) electrons. The van der Waals surface area contributed by atoms with E-state index in [9.17, 15) is 14.3 Å². The van der Waals surface area contributed by atoms with Crippen LogP contribution in [0.4, 0.5) is 9.18 Å². The fourth-order valence-corrected chi connectivity index (χ4v) is 6.84. The highest BCUT2D eigenvalue weighted by molar-refractivity contribution is 5.79. The molecule has 0 aromatic heterocycles. The van der Waals surface area contributed by atoms with Crippen LogP contribution in [-0.2, 0) is 11.2 Å². The number of halogens is 1. The van der Waals surface area contributed by atoms with Crippen molar-refractivity contribution in [3.63, 3.8) is 0 Å². The number of piperidine rings is 2. The molecule has 2 atom stereocenters. The summed E-state index contributed by atoms with van der Waals surface area (Å²) < 4.78 is 20.7. The number of benzene rings is 3. The minimum Gasteiger partial charge on any atom is -0.448 e. The van der Waals surface area contributed by atoms with Gasteiger partial charge in [0.25, 0.3) is 0 Å². The zero-order chi connectivity index (χ0) is 24.9. The van der Waals surface area contributed by atoms with Crippen molar-refractivity contribution in [1.82, 2.24) is 4.90 Å². The van der Waals surface area contributed by atoms with E-state index in [1.54, 1.807) is 19.1 Å². The first-order chi connectivity index (χ1) is 17.4. The number of ether oxygens (including phenoxy) is 1. The summed E-state index contributed by atoms with van der Waals surface area (Å²) in [5, 5.41) is 11.5. The number of carbonyl (C=O) groups is 1. The van der Waals surface area contributed by atoms with Crippen LogP contribution in [0.3, 0.4) is 0 Å². The van der Waals surface area contributed by atoms with Crippen LogP contribution in [0.1, 0.15) is 60.3 Å². The molecule has 2 unspecified atom stereocenters. The van der Waals surface area contributed by atoms with Gasteiger partial charge in [-0.25, -0.2) is 9.18 Å². The second kappa shape index (κ2) is 9.04. The van der Waals surface area contributed by atoms with E-state index in [4.69, 9.17) is 4.74 Å². The molecule has 1 N–H and O–H groups in total. The standard InChI is InChI=1S/C31H32FNO3/c1-20-8-6-9-21(29(20)32)16-31(35)17-22-10-7-11-23(18-31)33(22)30(34)36-19-28-26-14-4-2-12-24(26)25-13-3-5-15-27(25)28/h2-6,8-9,12-15,22-23,28,35H,7,10-11,16-19H2,1H3. The number of aliphatic hydroxyl groups is 1. The summed E-state index contributed by atoms with van der Waals surface area (Å²) in [6.07, 6.45) is 3.56. The second-order valence-electron chi connectivity index (χ2n) is 10.8. The van der Waals surface area contributed by atoms with Crippen molar-refractivity contribution in [3.8, 4) is 11.1 Å². The highest BCUT2D eigenvalue weighted by Gasteiger charge is 2.48. The molecule has 6 rings (SSSR count). The molecule has 0 spiro atoms. The Hall–Kier alpha value is -3.18. The van der Waals surface area contributed by atoms with Gasteiger partial charge in [0, 0.05) is 24.4 Å². The normalized spacial score (nSPS) is 24.8. The quantitative estimate of drug-likeness (QED) is 0.467. The smallest absolute Gasteiger partial charge is 0.410 e. The fraction of sp³-hybridized carbons (Fsp3) is 0.387. The SMILES string of the molecule is Cc1cccc(CC2(O)CC3CCCC(C2)N3C(=O)OCC2c3ccccc3-c3ccccc32)c1F. The molecule has 4 nitrogen and oxygen atoms in total. The van der Waals surface area contributed by atoms with Gasteiger partial charge < -0.3 is 14.7 Å². The molecule has 36 heavy (non-hydrogen) atoms. The molecule has 0 saturated carbocycles. The Balaban J connectivity index is 1.18. The van der Waals surface area contributed by atoms with Gasteiger partial charge in [-0.1, -0.05) is 66.7 Å². The number of carbonyl (C=O) groups excluding carboxylic acids is 1. The number of rotatable bonds is 4. The number of fused-ring (bicyclic) bond motifs is 5. The molecule has 3 aromatic carbocycles. The van der Waals surface area contributed by atoms with Crippen LogP contribution in [0.2, 0.25) is 0 Å². The molecule has 2 bridgehead atoms. The summed E-state index contributed by atoms with van der Waals surface area (Å²) in [5.41, 5.74) is 4.91. The van der Waals surface area contributed by atoms with Crippen molar-refractivity contribution in [2.75, 3.05) is 6.61 Å². The Labute approximate surface area is 211 Å². The third-order valence-corrected chi connectivity index (χ3v) is 8.43. The van der Waals surface area contributed by atoms with Crippen molar-refractivity contribution in [2.24, 2.45) is 0 Å². The maximum Gasteiger partial charge on any atom is 0.410 e. The van der Waals surface area contributed by atoms with Crippen LogP contribution in [0.15, 0.2) is 66.7 Å². The molecule has 2 aliphatic heterocycles. The van der Waals surface area contributed by atoms with E-state index in [1.807, 2.05) is 35.2 Å². The molecule has 2 saturated heterocycles. The highest BCUT2D eigenvalue weighted by atomic mass is 19.1. The van der Waals surface area contributed by atoms with Crippen LogP contribution in [0.5, 0.6) is 0 Å². The fourth-order valence-electron chi connectivity index (χ4n) is 6.84. The Morgan fingerprint density at radius 1 is 0.972 bits per heavy atom. The first kappa shape index (κ1) is 23.2. The lowest BCUT2D eigenvalue weighted by atomic mass is 9.73. The minimum atomic E-state index is -1.02. The van der Waals surface area contributed by atoms with Crippen LogP contribution in [0.25, 0.3) is 11.1 Å². The minimum absolute atomic E-state index is 0.0206.